The van der Waals surface area contributed by atoms with Gasteiger partial charge in [-0.15, -0.1) is 0 Å². The van der Waals surface area contributed by atoms with Crippen molar-refractivity contribution in [3.8, 4) is 0 Å². The topological polar surface area (TPSA) is 59.0 Å². The summed E-state index contributed by atoms with van der Waals surface area (Å²) in [5.74, 6) is 0.683. The maximum atomic E-state index is 11.4. The molecule has 0 fully saturated rings. The maximum Gasteiger partial charge on any atom is 0.239 e. The van der Waals surface area contributed by atoms with Gasteiger partial charge in [-0.2, -0.15) is 5.10 Å². The highest BCUT2D eigenvalue weighted by Crippen LogP contribution is 2.21. The lowest BCUT2D eigenvalue weighted by Gasteiger charge is -2.15. The number of rotatable bonds is 4. The summed E-state index contributed by atoms with van der Waals surface area (Å²) in [5.41, 5.74) is 1.19. The number of aromatic nitrogens is 2. The normalized spacial score (nSPS) is 11.6. The molecular weight excluding hydrogens is 216 g/mol. The first-order chi connectivity index (χ1) is 7.81. The number of carbonyl (C=O) groups is 1. The molecule has 1 aromatic rings. The van der Waals surface area contributed by atoms with Gasteiger partial charge in [0.05, 0.1) is 12.2 Å². The number of anilines is 1. The van der Waals surface area contributed by atoms with Crippen LogP contribution in [0.25, 0.3) is 0 Å². The standard InChI is InChI=1S/C12H22N4O/c1-12(2,3)7-9-6-10(16(5)15-9)14-11(17)8-13-4/h6,13H,7-8H2,1-5H3,(H,14,17). The van der Waals surface area contributed by atoms with Crippen molar-refractivity contribution in [3.05, 3.63) is 11.8 Å². The molecule has 0 aromatic carbocycles. The van der Waals surface area contributed by atoms with Crippen LogP contribution in [-0.4, -0.2) is 29.3 Å². The summed E-state index contributed by atoms with van der Waals surface area (Å²) in [6, 6.07) is 1.93. The fourth-order valence-corrected chi connectivity index (χ4v) is 1.62. The van der Waals surface area contributed by atoms with Crippen LogP contribution >= 0.6 is 0 Å². The van der Waals surface area contributed by atoms with Crippen LogP contribution in [0.5, 0.6) is 0 Å². The van der Waals surface area contributed by atoms with E-state index in [1.165, 1.54) is 0 Å². The van der Waals surface area contributed by atoms with Crippen LogP contribution in [-0.2, 0) is 18.3 Å². The predicted molar refractivity (Wildman–Crippen MR) is 68.9 cm³/mol. The molecule has 0 aliphatic heterocycles. The van der Waals surface area contributed by atoms with Crippen LogP contribution < -0.4 is 10.6 Å². The molecule has 1 aromatic heterocycles. The van der Waals surface area contributed by atoms with E-state index in [4.69, 9.17) is 0 Å². The van der Waals surface area contributed by atoms with Gasteiger partial charge in [0.25, 0.3) is 0 Å². The van der Waals surface area contributed by atoms with E-state index in [1.54, 1.807) is 11.7 Å². The van der Waals surface area contributed by atoms with Crippen molar-refractivity contribution in [2.75, 3.05) is 18.9 Å². The largest absolute Gasteiger partial charge is 0.311 e. The van der Waals surface area contributed by atoms with Gasteiger partial charge in [0.2, 0.25) is 5.91 Å². The van der Waals surface area contributed by atoms with E-state index in [-0.39, 0.29) is 11.3 Å². The molecule has 5 nitrogen and oxygen atoms in total. The minimum atomic E-state index is -0.0576. The van der Waals surface area contributed by atoms with Crippen molar-refractivity contribution in [3.63, 3.8) is 0 Å². The summed E-state index contributed by atoms with van der Waals surface area (Å²) < 4.78 is 1.70. The monoisotopic (exact) mass is 238 g/mol. The molecule has 5 heteroatoms. The number of hydrogen-bond donors (Lipinski definition) is 2. The van der Waals surface area contributed by atoms with Crippen molar-refractivity contribution >= 4 is 11.7 Å². The molecule has 1 heterocycles. The fraction of sp³-hybridized carbons (Fsp3) is 0.667. The molecule has 1 amide bonds. The maximum absolute atomic E-state index is 11.4. The number of nitrogens with one attached hydrogen (secondary N) is 2. The lowest BCUT2D eigenvalue weighted by atomic mass is 9.91. The van der Waals surface area contributed by atoms with Gasteiger partial charge in [-0.3, -0.25) is 9.48 Å². The highest BCUT2D eigenvalue weighted by Gasteiger charge is 2.15. The van der Waals surface area contributed by atoms with Crippen molar-refractivity contribution in [1.82, 2.24) is 15.1 Å². The summed E-state index contributed by atoms with van der Waals surface area (Å²) in [5, 5.41) is 10.0. The molecule has 0 saturated carbocycles. The Labute approximate surface area is 103 Å². The van der Waals surface area contributed by atoms with Crippen LogP contribution in [0.15, 0.2) is 6.07 Å². The molecular formula is C12H22N4O. The van der Waals surface area contributed by atoms with E-state index in [1.807, 2.05) is 13.1 Å². The van der Waals surface area contributed by atoms with E-state index < -0.39 is 0 Å². The number of amides is 1. The Morgan fingerprint density at radius 1 is 1.47 bits per heavy atom. The van der Waals surface area contributed by atoms with Crippen molar-refractivity contribution in [2.24, 2.45) is 12.5 Å². The zero-order chi connectivity index (χ0) is 13.1. The lowest BCUT2D eigenvalue weighted by Crippen LogP contribution is -2.25. The van der Waals surface area contributed by atoms with E-state index in [0.29, 0.717) is 6.54 Å². The summed E-state index contributed by atoms with van der Waals surface area (Å²) in [7, 11) is 3.58. The van der Waals surface area contributed by atoms with E-state index in [0.717, 1.165) is 17.9 Å². The number of nitrogens with zero attached hydrogens (tertiary/aromatic N) is 2. The summed E-state index contributed by atoms with van der Waals surface area (Å²) in [4.78, 5) is 11.4. The average molecular weight is 238 g/mol. The van der Waals surface area contributed by atoms with E-state index >= 15 is 0 Å². The van der Waals surface area contributed by atoms with Gasteiger partial charge in [-0.05, 0) is 18.9 Å². The first-order valence-electron chi connectivity index (χ1n) is 5.79. The van der Waals surface area contributed by atoms with Gasteiger partial charge in [0.15, 0.2) is 0 Å². The molecule has 0 aliphatic rings. The molecule has 17 heavy (non-hydrogen) atoms. The Balaban J connectivity index is 2.72. The third-order valence-electron chi connectivity index (χ3n) is 2.25. The molecule has 0 aliphatic carbocycles. The minimum absolute atomic E-state index is 0.0576. The Kier molecular flexibility index (Phi) is 4.28. The van der Waals surface area contributed by atoms with Crippen molar-refractivity contribution in [1.29, 1.82) is 0 Å². The minimum Gasteiger partial charge on any atom is -0.311 e. The zero-order valence-electron chi connectivity index (χ0n) is 11.3. The molecule has 0 atom stereocenters. The first-order valence-corrected chi connectivity index (χ1v) is 5.79. The van der Waals surface area contributed by atoms with Crippen molar-refractivity contribution in [2.45, 2.75) is 27.2 Å². The molecule has 96 valence electrons. The quantitative estimate of drug-likeness (QED) is 0.827. The lowest BCUT2D eigenvalue weighted by molar-refractivity contribution is -0.115. The van der Waals surface area contributed by atoms with E-state index in [9.17, 15) is 4.79 Å². The van der Waals surface area contributed by atoms with Gasteiger partial charge in [0, 0.05) is 13.1 Å². The Hall–Kier alpha value is -1.36. The molecule has 0 saturated heterocycles. The van der Waals surface area contributed by atoms with Crippen LogP contribution in [0.3, 0.4) is 0 Å². The Bertz CT molecular complexity index is 390. The highest BCUT2D eigenvalue weighted by atomic mass is 16.2. The predicted octanol–water partition coefficient (Wildman–Crippen LogP) is 1.17. The second kappa shape index (κ2) is 5.31. The molecule has 0 unspecified atom stereocenters. The molecule has 2 N–H and O–H groups in total. The third kappa shape index (κ3) is 4.56. The summed E-state index contributed by atoms with van der Waals surface area (Å²) in [6.07, 6.45) is 0.892. The Morgan fingerprint density at radius 2 is 2.12 bits per heavy atom. The zero-order valence-corrected chi connectivity index (χ0v) is 11.3. The Morgan fingerprint density at radius 3 is 2.65 bits per heavy atom. The first kappa shape index (κ1) is 13.7. The molecule has 0 spiro atoms. The average Bonchev–Trinajstić information content (AvgIpc) is 2.43. The highest BCUT2D eigenvalue weighted by molar-refractivity contribution is 5.91. The summed E-state index contributed by atoms with van der Waals surface area (Å²) >= 11 is 0. The third-order valence-corrected chi connectivity index (χ3v) is 2.25. The van der Waals surface area contributed by atoms with Crippen LogP contribution in [0.1, 0.15) is 26.5 Å². The summed E-state index contributed by atoms with van der Waals surface area (Å²) in [6.45, 7) is 6.81. The number of likely N-dealkylation sites (N-methyl/N-ethyl adjacent to an activating group) is 1. The molecule has 1 rings (SSSR count). The van der Waals surface area contributed by atoms with Crippen LogP contribution in [0, 0.1) is 5.41 Å². The smallest absolute Gasteiger partial charge is 0.239 e. The number of aryl methyl sites for hydroxylation is 1. The second-order valence-electron chi connectivity index (χ2n) is 5.46. The number of hydrogen-bond acceptors (Lipinski definition) is 3. The number of carbonyl (C=O) groups excluding carboxylic acids is 1. The molecule has 0 bridgehead atoms. The second-order valence-corrected chi connectivity index (χ2v) is 5.46. The fourth-order valence-electron chi connectivity index (χ4n) is 1.62. The van der Waals surface area contributed by atoms with Crippen LogP contribution in [0.2, 0.25) is 0 Å². The van der Waals surface area contributed by atoms with Gasteiger partial charge >= 0.3 is 0 Å². The van der Waals surface area contributed by atoms with Gasteiger partial charge in [-0.25, -0.2) is 0 Å². The van der Waals surface area contributed by atoms with Gasteiger partial charge in [0.1, 0.15) is 5.82 Å². The van der Waals surface area contributed by atoms with E-state index in [2.05, 4.69) is 36.5 Å². The van der Waals surface area contributed by atoms with Crippen molar-refractivity contribution < 1.29 is 4.79 Å². The van der Waals surface area contributed by atoms with Gasteiger partial charge in [-0.1, -0.05) is 20.8 Å². The van der Waals surface area contributed by atoms with Crippen LogP contribution in [0.4, 0.5) is 5.82 Å². The van der Waals surface area contributed by atoms with Gasteiger partial charge < -0.3 is 10.6 Å². The SMILES string of the molecule is CNCC(=O)Nc1cc(CC(C)(C)C)nn1C. The molecule has 0 radical (unpaired) electrons.